The van der Waals surface area contributed by atoms with Crippen LogP contribution in [0.15, 0.2) is 77.8 Å². The van der Waals surface area contributed by atoms with Gasteiger partial charge in [0.1, 0.15) is 17.9 Å². The molecule has 0 aliphatic rings. The molecular formula is C33H34ClF3N4O5S. The number of hydrogen-bond acceptors (Lipinski definition) is 7. The molecule has 250 valence electrons. The third-order valence-corrected chi connectivity index (χ3v) is 8.08. The largest absolute Gasteiger partial charge is 0.486 e. The number of anilines is 2. The molecule has 0 aliphatic heterocycles. The second-order valence-electron chi connectivity index (χ2n) is 10.7. The summed E-state index contributed by atoms with van der Waals surface area (Å²) >= 11 is 6.06. The van der Waals surface area contributed by atoms with E-state index in [0.29, 0.717) is 38.6 Å². The molecule has 2 atom stereocenters. The molecule has 1 heterocycles. The van der Waals surface area contributed by atoms with Crippen molar-refractivity contribution in [2.45, 2.75) is 49.2 Å². The first-order chi connectivity index (χ1) is 22.2. The van der Waals surface area contributed by atoms with Crippen molar-refractivity contribution >= 4 is 63.5 Å². The Morgan fingerprint density at radius 2 is 1.68 bits per heavy atom. The number of hydrogen-bond donors (Lipinski definition) is 2. The average molecular weight is 691 g/mol. The quantitative estimate of drug-likeness (QED) is 0.113. The summed E-state index contributed by atoms with van der Waals surface area (Å²) < 4.78 is 50.3. The Morgan fingerprint density at radius 1 is 1.00 bits per heavy atom. The van der Waals surface area contributed by atoms with Crippen molar-refractivity contribution in [3.05, 3.63) is 83.5 Å². The molecular weight excluding hydrogens is 657 g/mol. The second kappa shape index (κ2) is 15.6. The van der Waals surface area contributed by atoms with E-state index in [9.17, 15) is 27.6 Å². The lowest BCUT2D eigenvalue weighted by molar-refractivity contribution is -0.148. The first-order valence-corrected chi connectivity index (χ1v) is 15.8. The lowest BCUT2D eigenvalue weighted by Crippen LogP contribution is -2.37. The van der Waals surface area contributed by atoms with E-state index in [1.165, 1.54) is 22.9 Å². The van der Waals surface area contributed by atoms with Crippen molar-refractivity contribution in [1.82, 2.24) is 9.47 Å². The number of thioether (sulfide) groups is 1. The molecule has 0 fully saturated rings. The van der Waals surface area contributed by atoms with Crippen molar-refractivity contribution < 1.29 is 37.0 Å². The molecule has 3 aromatic carbocycles. The zero-order valence-corrected chi connectivity index (χ0v) is 27.6. The van der Waals surface area contributed by atoms with Gasteiger partial charge in [-0.3, -0.25) is 19.1 Å². The summed E-state index contributed by atoms with van der Waals surface area (Å²) in [5.74, 6) is -0.185. The fourth-order valence-corrected chi connectivity index (χ4v) is 5.54. The number of ether oxygens (including phenoxy) is 2. The highest BCUT2D eigenvalue weighted by atomic mass is 35.5. The predicted octanol–water partition coefficient (Wildman–Crippen LogP) is 8.60. The molecule has 0 radical (unpaired) electrons. The highest BCUT2D eigenvalue weighted by Gasteiger charge is 2.29. The molecule has 14 heteroatoms. The van der Waals surface area contributed by atoms with E-state index in [2.05, 4.69) is 10.6 Å². The van der Waals surface area contributed by atoms with Crippen molar-refractivity contribution in [2.24, 2.45) is 0 Å². The Kier molecular flexibility index (Phi) is 11.8. The van der Waals surface area contributed by atoms with Gasteiger partial charge in [0.05, 0.1) is 17.8 Å². The van der Waals surface area contributed by atoms with Crippen LogP contribution in [0.4, 0.5) is 29.3 Å². The maximum atomic E-state index is 13.3. The Labute approximate surface area is 279 Å². The Bertz CT molecular complexity index is 1710. The number of aromatic nitrogens is 1. The van der Waals surface area contributed by atoms with Crippen molar-refractivity contribution in [3.63, 3.8) is 0 Å². The summed E-state index contributed by atoms with van der Waals surface area (Å²) in [5, 5.41) is 6.48. The monoisotopic (exact) mass is 690 g/mol. The normalized spacial score (nSPS) is 12.9. The molecule has 0 saturated heterocycles. The maximum absolute atomic E-state index is 13.3. The van der Waals surface area contributed by atoms with Gasteiger partial charge in [-0.1, -0.05) is 23.7 Å². The standard InChI is InChI=1S/C33H34ClF3N4O5S/c1-5-45-31(43)29(40(3)4)16-17-30(42)41-19-27(26-18-22(34)8-15-28(26)41)39-32(44)38-23-9-11-24(12-10-23)46-20(2)21-6-13-25(14-7-21)47-33(35,36)37/h6-15,18-20,29H,5,16-17H2,1-4H3,(H2,38,39,44). The van der Waals surface area contributed by atoms with Gasteiger partial charge in [-0.05, 0) is 106 Å². The van der Waals surface area contributed by atoms with Gasteiger partial charge >= 0.3 is 17.5 Å². The van der Waals surface area contributed by atoms with Gasteiger partial charge in [0.15, 0.2) is 0 Å². The SMILES string of the molecule is CCOC(=O)C(CCC(=O)n1cc(NC(=O)Nc2ccc(OC(C)c3ccc(SC(F)(F)F)cc3)cc2)c2cc(Cl)ccc21)N(C)C. The summed E-state index contributed by atoms with van der Waals surface area (Å²) in [6, 6.07) is 16.4. The minimum absolute atomic E-state index is 0.0508. The van der Waals surface area contributed by atoms with E-state index in [0.717, 1.165) is 0 Å². The Morgan fingerprint density at radius 3 is 2.30 bits per heavy atom. The van der Waals surface area contributed by atoms with Crippen molar-refractivity contribution in [2.75, 3.05) is 31.3 Å². The zero-order valence-electron chi connectivity index (χ0n) is 26.1. The summed E-state index contributed by atoms with van der Waals surface area (Å²) in [7, 11) is 3.49. The first-order valence-electron chi connectivity index (χ1n) is 14.6. The summed E-state index contributed by atoms with van der Waals surface area (Å²) in [6.45, 7) is 3.74. The molecule has 1 aromatic heterocycles. The van der Waals surface area contributed by atoms with Gasteiger partial charge in [0, 0.05) is 33.6 Å². The Balaban J connectivity index is 1.39. The van der Waals surface area contributed by atoms with Gasteiger partial charge in [-0.15, -0.1) is 0 Å². The number of alkyl halides is 3. The number of esters is 1. The molecule has 2 N–H and O–H groups in total. The number of amides is 2. The van der Waals surface area contributed by atoms with Crippen LogP contribution in [-0.4, -0.2) is 59.6 Å². The smallest absolute Gasteiger partial charge is 0.446 e. The van der Waals surface area contributed by atoms with Crippen LogP contribution in [0.25, 0.3) is 10.9 Å². The van der Waals surface area contributed by atoms with Crippen LogP contribution in [0.2, 0.25) is 5.02 Å². The summed E-state index contributed by atoms with van der Waals surface area (Å²) in [4.78, 5) is 40.4. The molecule has 2 unspecified atom stereocenters. The number of nitrogens with one attached hydrogen (secondary N) is 2. The molecule has 47 heavy (non-hydrogen) atoms. The number of rotatable bonds is 12. The van der Waals surface area contributed by atoms with E-state index < -0.39 is 29.7 Å². The van der Waals surface area contributed by atoms with Crippen LogP contribution < -0.4 is 15.4 Å². The van der Waals surface area contributed by atoms with E-state index in [-0.39, 0.29) is 42.0 Å². The number of nitrogens with zero attached hydrogens (tertiary/aromatic N) is 2. The zero-order chi connectivity index (χ0) is 34.3. The number of benzene rings is 3. The first kappa shape index (κ1) is 35.7. The molecule has 9 nitrogen and oxygen atoms in total. The maximum Gasteiger partial charge on any atom is 0.446 e. The lowest BCUT2D eigenvalue weighted by atomic mass is 10.1. The number of carbonyl (C=O) groups is 3. The number of carbonyl (C=O) groups excluding carboxylic acids is 3. The van der Waals surface area contributed by atoms with E-state index in [1.807, 2.05) is 0 Å². The molecule has 0 aliphatic carbocycles. The van der Waals surface area contributed by atoms with Crippen LogP contribution in [-0.2, 0) is 9.53 Å². The van der Waals surface area contributed by atoms with E-state index in [4.69, 9.17) is 21.1 Å². The van der Waals surface area contributed by atoms with Crippen LogP contribution in [0, 0.1) is 0 Å². The van der Waals surface area contributed by atoms with Crippen LogP contribution in [0.3, 0.4) is 0 Å². The molecule has 2 amide bonds. The number of halogens is 4. The third-order valence-electron chi connectivity index (χ3n) is 7.11. The predicted molar refractivity (Wildman–Crippen MR) is 177 cm³/mol. The van der Waals surface area contributed by atoms with Crippen LogP contribution >= 0.6 is 23.4 Å². The molecule has 4 rings (SSSR count). The van der Waals surface area contributed by atoms with E-state index >= 15 is 0 Å². The molecule has 4 aromatic rings. The lowest BCUT2D eigenvalue weighted by Gasteiger charge is -2.22. The Hall–Kier alpha value is -4.20. The topological polar surface area (TPSA) is 102 Å². The third kappa shape index (κ3) is 9.90. The number of urea groups is 1. The van der Waals surface area contributed by atoms with Gasteiger partial charge in [-0.2, -0.15) is 13.2 Å². The second-order valence-corrected chi connectivity index (χ2v) is 12.3. The van der Waals surface area contributed by atoms with Gasteiger partial charge in [-0.25, -0.2) is 4.79 Å². The summed E-state index contributed by atoms with van der Waals surface area (Å²) in [6.07, 6.45) is 1.38. The van der Waals surface area contributed by atoms with Gasteiger partial charge in [0.2, 0.25) is 5.91 Å². The fourth-order valence-electron chi connectivity index (χ4n) is 4.83. The highest BCUT2D eigenvalue weighted by Crippen LogP contribution is 2.37. The van der Waals surface area contributed by atoms with Crippen molar-refractivity contribution in [3.8, 4) is 5.75 Å². The molecule has 0 spiro atoms. The number of likely N-dealkylation sites (N-methyl/N-ethyl adjacent to an activating group) is 1. The van der Waals surface area contributed by atoms with E-state index in [1.54, 1.807) is 87.4 Å². The molecule has 0 saturated carbocycles. The molecule has 0 bridgehead atoms. The minimum Gasteiger partial charge on any atom is -0.486 e. The average Bonchev–Trinajstić information content (AvgIpc) is 3.34. The van der Waals surface area contributed by atoms with Gasteiger partial charge in [0.25, 0.3) is 0 Å². The van der Waals surface area contributed by atoms with Crippen LogP contribution in [0.5, 0.6) is 5.75 Å². The van der Waals surface area contributed by atoms with Gasteiger partial charge < -0.3 is 20.1 Å². The fraction of sp³-hybridized carbons (Fsp3) is 0.303. The summed E-state index contributed by atoms with van der Waals surface area (Å²) in [5.41, 5.74) is -2.30. The number of fused-ring (bicyclic) bond motifs is 1. The highest BCUT2D eigenvalue weighted by molar-refractivity contribution is 8.00. The van der Waals surface area contributed by atoms with Crippen LogP contribution in [0.1, 0.15) is 43.2 Å². The minimum atomic E-state index is -4.36. The van der Waals surface area contributed by atoms with Crippen molar-refractivity contribution in [1.29, 1.82) is 0 Å².